The van der Waals surface area contributed by atoms with E-state index >= 15 is 0 Å². The largest absolute Gasteiger partial charge is 0 e. The van der Waals surface area contributed by atoms with Crippen molar-refractivity contribution in [3.05, 3.63) is 0 Å². The first-order valence-corrected chi connectivity index (χ1v) is 0. The van der Waals surface area contributed by atoms with Crippen LogP contribution in [-0.4, -0.2) is 65.2 Å². The Morgan fingerprint density at radius 2 is 1.00 bits per heavy atom. The molecule has 25 valence electrons. The molecule has 0 unspecified atom stereocenters. The van der Waals surface area contributed by atoms with Crippen LogP contribution >= 0.6 is 0 Å². The van der Waals surface area contributed by atoms with Gasteiger partial charge in [-0.2, -0.15) is 0 Å². The van der Waals surface area contributed by atoms with Crippen LogP contribution in [-0.2, 0) is 22.4 Å². The summed E-state index contributed by atoms with van der Waals surface area (Å²) in [5.74, 6) is 0. The van der Waals surface area contributed by atoms with Gasteiger partial charge in [-0.1, -0.05) is 0 Å². The van der Waals surface area contributed by atoms with Crippen LogP contribution in [0.15, 0.2) is 0 Å². The molecule has 0 spiro atoms. The summed E-state index contributed by atoms with van der Waals surface area (Å²) in [6.45, 7) is 0. The number of hydrogen-bond acceptors (Lipinski definition) is 0. The average Bonchev–Trinajstić information content (AvgIpc) is 0. The third-order valence-corrected chi connectivity index (χ3v) is 0. The quantitative estimate of drug-likeness (QED) is 0.358. The molecule has 0 heterocycles. The van der Waals surface area contributed by atoms with Crippen molar-refractivity contribution in [2.45, 2.75) is 0 Å². The molecule has 4 heavy (non-hydrogen) atoms. The van der Waals surface area contributed by atoms with Crippen molar-refractivity contribution >= 4 is 65.2 Å². The molecule has 0 nitrogen and oxygen atoms in total. The van der Waals surface area contributed by atoms with Crippen LogP contribution in [0.1, 0.15) is 0 Å². The van der Waals surface area contributed by atoms with E-state index in [9.17, 15) is 0 Å². The topological polar surface area (TPSA) is 0 Å². The fourth-order valence-electron chi connectivity index (χ4n) is 0. The molecule has 0 atom stereocenters. The van der Waals surface area contributed by atoms with Gasteiger partial charge in [0.2, 0.25) is 0 Å². The van der Waals surface area contributed by atoms with Crippen LogP contribution in [0.5, 0.6) is 0 Å². The Balaban J connectivity index is 0. The van der Waals surface area contributed by atoms with E-state index in [2.05, 4.69) is 0 Å². The summed E-state index contributed by atoms with van der Waals surface area (Å²) in [7, 11) is 0. The van der Waals surface area contributed by atoms with Crippen molar-refractivity contribution in [2.24, 2.45) is 0 Å². The smallest absolute Gasteiger partial charge is 0 e. The molecule has 0 aliphatic heterocycles. The van der Waals surface area contributed by atoms with Crippen LogP contribution < -0.4 is 0 Å². The maximum atomic E-state index is 0. The summed E-state index contributed by atoms with van der Waals surface area (Å²) >= 11 is 0. The van der Waals surface area contributed by atoms with E-state index in [0.717, 1.165) is 0 Å². The third-order valence-electron chi connectivity index (χ3n) is 0. The molecule has 0 amide bonds. The molecule has 0 aromatic rings. The summed E-state index contributed by atoms with van der Waals surface area (Å²) in [6.07, 6.45) is 0. The molecule has 0 aliphatic carbocycles. The Morgan fingerprint density at radius 3 is 1.00 bits per heavy atom. The molecule has 0 bridgehead atoms. The van der Waals surface area contributed by atoms with Gasteiger partial charge in [-0.05, 0) is 0 Å². The predicted octanol–water partition coefficient (Wildman–Crippen LogP) is -1.14. The minimum absolute atomic E-state index is 0. The first-order valence-electron chi connectivity index (χ1n) is 0. The van der Waals surface area contributed by atoms with Gasteiger partial charge in [0.15, 0.2) is 0 Å². The monoisotopic (exact) mass is 521 g/mol. The second-order valence-corrected chi connectivity index (χ2v) is 0. The molecule has 0 N–H and O–H groups in total. The third kappa shape index (κ3) is 8.86. The maximum absolute atomic E-state index is 0. The Bertz CT molecular complexity index is 8.00. The normalized spacial score (nSPS) is 0. The van der Waals surface area contributed by atoms with Crippen LogP contribution in [0.2, 0.25) is 0 Å². The summed E-state index contributed by atoms with van der Waals surface area (Å²) in [5.41, 5.74) is 0. The second-order valence-electron chi connectivity index (χ2n) is 0. The first-order chi connectivity index (χ1) is 0. The van der Waals surface area contributed by atoms with Gasteiger partial charge in [-0.15, -0.1) is 0 Å². The molecular weight excluding hydrogens is 516 g/mol. The Morgan fingerprint density at radius 1 is 1.00 bits per heavy atom. The van der Waals surface area contributed by atoms with Gasteiger partial charge in [-0.3, -0.25) is 0 Å². The predicted molar refractivity (Wildman–Crippen MR) is 17.3 cm³/mol. The van der Waals surface area contributed by atoms with E-state index in [4.69, 9.17) is 0 Å². The van der Waals surface area contributed by atoms with Crippen molar-refractivity contribution in [3.63, 3.8) is 0 Å². The SMILES string of the molecule is [Au].[Ge].[Sn].[Te]. The molecule has 0 saturated carbocycles. The van der Waals surface area contributed by atoms with E-state index in [-0.39, 0.29) is 87.6 Å². The standard InChI is InChI=1S/Au.Ge.Sn.Te. The summed E-state index contributed by atoms with van der Waals surface area (Å²) in [4.78, 5) is 0. The average molecular weight is 516 g/mol. The van der Waals surface area contributed by atoms with Gasteiger partial charge in [-0.25, -0.2) is 0 Å². The molecule has 0 rings (SSSR count). The molecule has 0 aromatic carbocycles. The van der Waals surface area contributed by atoms with Gasteiger partial charge >= 0.3 is 0 Å². The Labute approximate surface area is 86.0 Å². The summed E-state index contributed by atoms with van der Waals surface area (Å²) in [5, 5.41) is 0. The molecule has 11 radical (unpaired) electrons. The Hall–Kier alpha value is 2.87. The Kier molecular flexibility index (Phi) is 121. The van der Waals surface area contributed by atoms with Crippen LogP contribution in [0.4, 0.5) is 0 Å². The van der Waals surface area contributed by atoms with Crippen molar-refractivity contribution in [2.75, 3.05) is 0 Å². The molecule has 4 heteroatoms. The number of hydrogen-bond donors (Lipinski definition) is 0. The minimum Gasteiger partial charge on any atom is 0 e. The molecule has 0 aliphatic rings. The summed E-state index contributed by atoms with van der Waals surface area (Å²) < 4.78 is 0. The first kappa shape index (κ1) is 28.7. The van der Waals surface area contributed by atoms with E-state index in [1.165, 1.54) is 0 Å². The fourth-order valence-corrected chi connectivity index (χ4v) is 0. The van der Waals surface area contributed by atoms with Crippen LogP contribution in [0.25, 0.3) is 0 Å². The maximum Gasteiger partial charge on any atom is 0 e. The molecule has 0 aromatic heterocycles. The van der Waals surface area contributed by atoms with E-state index in [1.54, 1.807) is 0 Å². The van der Waals surface area contributed by atoms with Gasteiger partial charge in [0.25, 0.3) is 0 Å². The van der Waals surface area contributed by atoms with Gasteiger partial charge in [0.05, 0.1) is 0 Å². The van der Waals surface area contributed by atoms with Crippen LogP contribution in [0.3, 0.4) is 0 Å². The minimum atomic E-state index is 0. The van der Waals surface area contributed by atoms with Crippen LogP contribution in [0, 0.1) is 0 Å². The van der Waals surface area contributed by atoms with Crippen molar-refractivity contribution in [1.82, 2.24) is 0 Å². The molecular formula is AuGeSnTe. The van der Waals surface area contributed by atoms with Gasteiger partial charge < -0.3 is 0 Å². The molecule has 0 saturated heterocycles. The number of rotatable bonds is 0. The second kappa shape index (κ2) is 16.9. The summed E-state index contributed by atoms with van der Waals surface area (Å²) in [6, 6.07) is 0. The zero-order valence-electron chi connectivity index (χ0n) is 1.71. The van der Waals surface area contributed by atoms with Crippen molar-refractivity contribution in [3.8, 4) is 0 Å². The zero-order valence-corrected chi connectivity index (χ0v) is 11.2. The zero-order chi connectivity index (χ0) is 0. The van der Waals surface area contributed by atoms with E-state index in [1.807, 2.05) is 0 Å². The van der Waals surface area contributed by atoms with Crippen molar-refractivity contribution in [1.29, 1.82) is 0 Å². The molecule has 0 fully saturated rings. The van der Waals surface area contributed by atoms with Gasteiger partial charge in [0.1, 0.15) is 0 Å². The van der Waals surface area contributed by atoms with E-state index < -0.39 is 0 Å². The fraction of sp³-hybridized carbons (Fsp3) is 0. The van der Waals surface area contributed by atoms with E-state index in [0.29, 0.717) is 0 Å². The van der Waals surface area contributed by atoms with Gasteiger partial charge in [0, 0.05) is 87.6 Å². The van der Waals surface area contributed by atoms with Crippen molar-refractivity contribution < 1.29 is 22.4 Å².